The Bertz CT molecular complexity index is 624. The van der Waals surface area contributed by atoms with Crippen LogP contribution in [-0.2, 0) is 23.7 Å². The Kier molecular flexibility index (Phi) is 8.99. The minimum absolute atomic E-state index is 0.570. The number of rotatable bonds is 6. The second-order valence-electron chi connectivity index (χ2n) is 8.36. The molecule has 3 saturated heterocycles. The van der Waals surface area contributed by atoms with E-state index in [-0.39, 0.29) is 0 Å². The van der Waals surface area contributed by atoms with Gasteiger partial charge in [-0.15, -0.1) is 0 Å². The Morgan fingerprint density at radius 2 is 1.21 bits per heavy atom. The fraction of sp³-hybridized carbons (Fsp3) is 1.00. The van der Waals surface area contributed by atoms with Gasteiger partial charge in [0.2, 0.25) is 0 Å². The smallest absolute Gasteiger partial charge is 0.187 e. The molecule has 0 aromatic heterocycles. The van der Waals surface area contributed by atoms with Gasteiger partial charge in [0.15, 0.2) is 18.9 Å². The second kappa shape index (κ2) is 11.0. The summed E-state index contributed by atoms with van der Waals surface area (Å²) >= 11 is 0. The summed E-state index contributed by atoms with van der Waals surface area (Å²) in [5.74, 6) is 0. The molecule has 15 heteroatoms. The van der Waals surface area contributed by atoms with Crippen LogP contribution in [-0.4, -0.2) is 156 Å². The van der Waals surface area contributed by atoms with Crippen LogP contribution in [0.3, 0.4) is 0 Å². The normalized spacial score (nSPS) is 53.7. The molecule has 0 aromatic rings. The molecule has 0 radical (unpaired) electrons. The molecule has 0 spiro atoms. The fourth-order valence-corrected chi connectivity index (χ4v) is 3.89. The first kappa shape index (κ1) is 27.0. The highest BCUT2D eigenvalue weighted by Gasteiger charge is 2.50. The van der Waals surface area contributed by atoms with Gasteiger partial charge in [-0.05, 0) is 6.92 Å². The molecule has 3 aliphatic rings. The lowest BCUT2D eigenvalue weighted by atomic mass is 9.97. The largest absolute Gasteiger partial charge is 0.394 e. The van der Waals surface area contributed by atoms with E-state index in [1.165, 1.54) is 6.92 Å². The molecule has 0 aliphatic carbocycles. The predicted molar refractivity (Wildman–Crippen MR) is 99.8 cm³/mol. The third-order valence-corrected chi connectivity index (χ3v) is 6.03. The first-order valence-electron chi connectivity index (χ1n) is 10.4. The summed E-state index contributed by atoms with van der Waals surface area (Å²) in [6.45, 7) is 0.148. The van der Waals surface area contributed by atoms with E-state index in [0.29, 0.717) is 0 Å². The van der Waals surface area contributed by atoms with Gasteiger partial charge in [0.05, 0.1) is 19.3 Å². The molecule has 3 rings (SSSR count). The highest BCUT2D eigenvalue weighted by Crippen LogP contribution is 2.29. The van der Waals surface area contributed by atoms with Crippen LogP contribution in [0.1, 0.15) is 6.92 Å². The monoisotopic (exact) mass is 488 g/mol. The first-order valence-corrected chi connectivity index (χ1v) is 10.4. The zero-order valence-electron chi connectivity index (χ0n) is 17.6. The minimum atomic E-state index is -1.88. The molecule has 0 amide bonds. The molecule has 0 bridgehead atoms. The highest BCUT2D eigenvalue weighted by molar-refractivity contribution is 4.94. The molecule has 3 aliphatic heterocycles. The lowest BCUT2D eigenvalue weighted by molar-refractivity contribution is -0.359. The van der Waals surface area contributed by atoms with E-state index in [1.54, 1.807) is 0 Å². The van der Waals surface area contributed by atoms with E-state index in [9.17, 15) is 51.1 Å². The average Bonchev–Trinajstić information content (AvgIpc) is 2.79. The lowest BCUT2D eigenvalue weighted by Gasteiger charge is -2.45. The lowest BCUT2D eigenvalue weighted by Crippen LogP contribution is -2.64. The minimum Gasteiger partial charge on any atom is -0.394 e. The summed E-state index contributed by atoms with van der Waals surface area (Å²) in [6, 6.07) is 0. The fourth-order valence-electron chi connectivity index (χ4n) is 3.89. The Morgan fingerprint density at radius 1 is 0.606 bits per heavy atom. The quantitative estimate of drug-likeness (QED) is 0.167. The summed E-state index contributed by atoms with van der Waals surface area (Å²) in [5.41, 5.74) is 0. The van der Waals surface area contributed by atoms with Gasteiger partial charge in [-0.1, -0.05) is 0 Å². The van der Waals surface area contributed by atoms with Crippen LogP contribution >= 0.6 is 0 Å². The van der Waals surface area contributed by atoms with E-state index in [4.69, 9.17) is 23.7 Å². The molecule has 15 atom stereocenters. The van der Waals surface area contributed by atoms with Crippen molar-refractivity contribution in [1.29, 1.82) is 0 Å². The topological polar surface area (TPSA) is 248 Å². The zero-order valence-corrected chi connectivity index (χ0v) is 17.6. The Balaban J connectivity index is 1.64. The van der Waals surface area contributed by atoms with Crippen LogP contribution in [0.15, 0.2) is 0 Å². The maximum atomic E-state index is 10.6. The third-order valence-electron chi connectivity index (χ3n) is 6.03. The van der Waals surface area contributed by atoms with Crippen molar-refractivity contribution in [3.63, 3.8) is 0 Å². The van der Waals surface area contributed by atoms with Crippen molar-refractivity contribution in [3.05, 3.63) is 0 Å². The summed E-state index contributed by atoms with van der Waals surface area (Å²) in [6.07, 6.45) is -23.5. The molecule has 3 heterocycles. The van der Waals surface area contributed by atoms with Gasteiger partial charge in [0.25, 0.3) is 0 Å². The summed E-state index contributed by atoms with van der Waals surface area (Å²) in [7, 11) is 0. The van der Waals surface area contributed by atoms with Crippen molar-refractivity contribution in [3.8, 4) is 0 Å². The van der Waals surface area contributed by atoms with Gasteiger partial charge in [0, 0.05) is 0 Å². The van der Waals surface area contributed by atoms with E-state index in [0.717, 1.165) is 0 Å². The van der Waals surface area contributed by atoms with Crippen molar-refractivity contribution in [1.82, 2.24) is 0 Å². The van der Waals surface area contributed by atoms with E-state index in [2.05, 4.69) is 0 Å². The number of hydrogen-bond donors (Lipinski definition) is 10. The van der Waals surface area contributed by atoms with E-state index < -0.39 is 105 Å². The molecule has 15 nitrogen and oxygen atoms in total. The second-order valence-corrected chi connectivity index (χ2v) is 8.36. The standard InChI is InChI=1S/C18H32O15/c1-4-7(20)10(23)13(26)18(30-4)33-15-9(22)6(31-16(28)14(15)27)3-29-17-12(25)11(24)8(21)5(2-19)32-17/h4-28H,2-3H2,1H3/t4-,5-,6+,7-,8-,9-,10+,11+,12-,13+,14+,15-,16?,17+,18-/m0/s1. The summed E-state index contributed by atoms with van der Waals surface area (Å²) < 4.78 is 26.3. The molecule has 3 fully saturated rings. The molecular weight excluding hydrogens is 456 g/mol. The van der Waals surface area contributed by atoms with Crippen molar-refractivity contribution < 1.29 is 74.7 Å². The molecule has 194 valence electrons. The highest BCUT2D eigenvalue weighted by atomic mass is 16.7. The predicted octanol–water partition coefficient (Wildman–Crippen LogP) is -6.55. The van der Waals surface area contributed by atoms with Crippen LogP contribution in [0.5, 0.6) is 0 Å². The molecule has 33 heavy (non-hydrogen) atoms. The summed E-state index contributed by atoms with van der Waals surface area (Å²) in [4.78, 5) is 0. The summed E-state index contributed by atoms with van der Waals surface area (Å²) in [5, 5.41) is 99.5. The molecule has 0 aromatic carbocycles. The Labute approximate surface area is 187 Å². The Morgan fingerprint density at radius 3 is 1.85 bits per heavy atom. The zero-order chi connectivity index (χ0) is 24.6. The van der Waals surface area contributed by atoms with E-state index in [1.807, 2.05) is 0 Å². The first-order chi connectivity index (χ1) is 15.5. The van der Waals surface area contributed by atoms with Crippen molar-refractivity contribution in [2.75, 3.05) is 13.2 Å². The van der Waals surface area contributed by atoms with Gasteiger partial charge in [-0.2, -0.15) is 0 Å². The molecule has 10 N–H and O–H groups in total. The van der Waals surface area contributed by atoms with Crippen LogP contribution in [0.25, 0.3) is 0 Å². The molecule has 0 saturated carbocycles. The van der Waals surface area contributed by atoms with Gasteiger partial charge >= 0.3 is 0 Å². The van der Waals surface area contributed by atoms with Crippen LogP contribution in [0.2, 0.25) is 0 Å². The average molecular weight is 488 g/mol. The SMILES string of the molecule is C[C@@H]1O[C@@H](O[C@H]2[C@@H](O)[C@@H](CO[C@@H]3O[C@@H](CO)[C@H](O)[C@@H](O)[C@@H]3O)OC(O)[C@@H]2O)[C@H](O)[C@H](O)[C@H]1O. The maximum absolute atomic E-state index is 10.6. The van der Waals surface area contributed by atoms with Gasteiger partial charge in [0.1, 0.15) is 67.1 Å². The maximum Gasteiger partial charge on any atom is 0.187 e. The van der Waals surface area contributed by atoms with Crippen LogP contribution in [0, 0.1) is 0 Å². The molecular formula is C18H32O15. The van der Waals surface area contributed by atoms with Crippen molar-refractivity contribution in [2.45, 2.75) is 99.0 Å². The van der Waals surface area contributed by atoms with Gasteiger partial charge in [-0.25, -0.2) is 0 Å². The van der Waals surface area contributed by atoms with Crippen molar-refractivity contribution >= 4 is 0 Å². The number of aliphatic hydroxyl groups excluding tert-OH is 10. The molecule has 1 unspecified atom stereocenters. The number of aliphatic hydroxyl groups is 10. The van der Waals surface area contributed by atoms with E-state index >= 15 is 0 Å². The van der Waals surface area contributed by atoms with Gasteiger partial charge in [-0.3, -0.25) is 0 Å². The van der Waals surface area contributed by atoms with Gasteiger partial charge < -0.3 is 74.7 Å². The third kappa shape index (κ3) is 5.48. The number of ether oxygens (including phenoxy) is 5. The Hall–Kier alpha value is -0.600. The van der Waals surface area contributed by atoms with Crippen LogP contribution < -0.4 is 0 Å². The van der Waals surface area contributed by atoms with Crippen molar-refractivity contribution in [2.24, 2.45) is 0 Å². The number of hydrogen-bond acceptors (Lipinski definition) is 15. The van der Waals surface area contributed by atoms with Crippen LogP contribution in [0.4, 0.5) is 0 Å².